The first-order valence-electron chi connectivity index (χ1n) is 7.00. The Kier molecular flexibility index (Phi) is 6.19. The second kappa shape index (κ2) is 8.13. The standard InChI is InChI=1S/C17H16BrClN2O2/c1-12(22)21(10-13-6-2-4-8-15(13)19)11-17(23)20-16-9-5-3-7-14(16)18/h2-9H,10-11H2,1H3,(H,20,23). The van der Waals surface area contributed by atoms with Crippen molar-refractivity contribution in [2.75, 3.05) is 11.9 Å². The van der Waals surface area contributed by atoms with Gasteiger partial charge >= 0.3 is 0 Å². The van der Waals surface area contributed by atoms with Gasteiger partial charge in [0.2, 0.25) is 11.8 Å². The molecule has 2 aromatic rings. The number of para-hydroxylation sites is 1. The van der Waals surface area contributed by atoms with E-state index in [1.165, 1.54) is 11.8 Å². The van der Waals surface area contributed by atoms with Crippen molar-refractivity contribution < 1.29 is 9.59 Å². The minimum absolute atomic E-state index is 0.0398. The Morgan fingerprint density at radius 2 is 1.78 bits per heavy atom. The molecule has 2 rings (SSSR count). The molecular formula is C17H16BrClN2O2. The van der Waals surface area contributed by atoms with Crippen molar-refractivity contribution in [2.45, 2.75) is 13.5 Å². The van der Waals surface area contributed by atoms with Crippen LogP contribution in [0, 0.1) is 0 Å². The maximum atomic E-state index is 12.2. The van der Waals surface area contributed by atoms with Crippen LogP contribution in [0.5, 0.6) is 0 Å². The van der Waals surface area contributed by atoms with Gasteiger partial charge in [0.05, 0.1) is 5.69 Å². The smallest absolute Gasteiger partial charge is 0.244 e. The van der Waals surface area contributed by atoms with Crippen LogP contribution in [0.15, 0.2) is 53.0 Å². The maximum absolute atomic E-state index is 12.2. The monoisotopic (exact) mass is 394 g/mol. The third-order valence-corrected chi connectivity index (χ3v) is 4.31. The van der Waals surface area contributed by atoms with Gasteiger partial charge in [-0.25, -0.2) is 0 Å². The molecule has 0 radical (unpaired) electrons. The molecule has 0 aromatic heterocycles. The van der Waals surface area contributed by atoms with Gasteiger partial charge in [0, 0.05) is 23.0 Å². The van der Waals surface area contributed by atoms with Gasteiger partial charge in [-0.15, -0.1) is 0 Å². The van der Waals surface area contributed by atoms with Gasteiger partial charge in [-0.2, -0.15) is 0 Å². The zero-order valence-corrected chi connectivity index (χ0v) is 14.9. The van der Waals surface area contributed by atoms with Gasteiger partial charge in [0.25, 0.3) is 0 Å². The highest BCUT2D eigenvalue weighted by Gasteiger charge is 2.16. The van der Waals surface area contributed by atoms with Gasteiger partial charge in [0.15, 0.2) is 0 Å². The Balaban J connectivity index is 2.05. The van der Waals surface area contributed by atoms with Crippen LogP contribution < -0.4 is 5.32 Å². The first-order valence-corrected chi connectivity index (χ1v) is 8.18. The Bertz CT molecular complexity index is 721. The van der Waals surface area contributed by atoms with E-state index in [0.717, 1.165) is 10.0 Å². The van der Waals surface area contributed by atoms with Crippen molar-refractivity contribution in [3.63, 3.8) is 0 Å². The molecule has 0 heterocycles. The van der Waals surface area contributed by atoms with Gasteiger partial charge in [-0.3, -0.25) is 9.59 Å². The second-order valence-electron chi connectivity index (χ2n) is 4.99. The molecule has 0 aliphatic rings. The lowest BCUT2D eigenvalue weighted by Gasteiger charge is -2.21. The van der Waals surface area contributed by atoms with E-state index < -0.39 is 0 Å². The Morgan fingerprint density at radius 1 is 1.13 bits per heavy atom. The van der Waals surface area contributed by atoms with Crippen LogP contribution in [0.2, 0.25) is 5.02 Å². The summed E-state index contributed by atoms with van der Waals surface area (Å²) in [5.74, 6) is -0.452. The van der Waals surface area contributed by atoms with Crippen LogP contribution in [-0.4, -0.2) is 23.3 Å². The number of carbonyl (C=O) groups is 2. The van der Waals surface area contributed by atoms with Crippen molar-refractivity contribution in [2.24, 2.45) is 0 Å². The summed E-state index contributed by atoms with van der Waals surface area (Å²) in [6.07, 6.45) is 0. The van der Waals surface area contributed by atoms with Crippen LogP contribution in [0.4, 0.5) is 5.69 Å². The van der Waals surface area contributed by atoms with E-state index in [-0.39, 0.29) is 18.4 Å². The quantitative estimate of drug-likeness (QED) is 0.829. The molecule has 23 heavy (non-hydrogen) atoms. The number of hydrogen-bond acceptors (Lipinski definition) is 2. The maximum Gasteiger partial charge on any atom is 0.244 e. The van der Waals surface area contributed by atoms with Crippen LogP contribution in [0.3, 0.4) is 0 Å². The molecule has 0 spiro atoms. The van der Waals surface area contributed by atoms with Gasteiger partial charge in [-0.1, -0.05) is 41.9 Å². The number of hydrogen-bond donors (Lipinski definition) is 1. The lowest BCUT2D eigenvalue weighted by Crippen LogP contribution is -2.36. The average molecular weight is 396 g/mol. The zero-order chi connectivity index (χ0) is 16.8. The molecule has 0 unspecified atom stereocenters. The first-order chi connectivity index (χ1) is 11.0. The number of carbonyl (C=O) groups excluding carboxylic acids is 2. The van der Waals surface area contributed by atoms with E-state index in [0.29, 0.717) is 17.3 Å². The van der Waals surface area contributed by atoms with Crippen molar-refractivity contribution in [3.8, 4) is 0 Å². The molecule has 0 atom stereocenters. The summed E-state index contributed by atoms with van der Waals surface area (Å²) >= 11 is 9.49. The second-order valence-corrected chi connectivity index (χ2v) is 6.26. The highest BCUT2D eigenvalue weighted by molar-refractivity contribution is 9.10. The van der Waals surface area contributed by atoms with Gasteiger partial charge in [0.1, 0.15) is 6.54 Å². The molecule has 0 fully saturated rings. The minimum atomic E-state index is -0.265. The summed E-state index contributed by atoms with van der Waals surface area (Å²) in [7, 11) is 0. The third-order valence-electron chi connectivity index (χ3n) is 3.25. The largest absolute Gasteiger partial charge is 0.329 e. The molecular weight excluding hydrogens is 380 g/mol. The molecule has 0 aliphatic carbocycles. The van der Waals surface area contributed by atoms with E-state index in [1.807, 2.05) is 36.4 Å². The number of nitrogens with zero attached hydrogens (tertiary/aromatic N) is 1. The van der Waals surface area contributed by atoms with E-state index >= 15 is 0 Å². The molecule has 0 bridgehead atoms. The Morgan fingerprint density at radius 3 is 2.43 bits per heavy atom. The molecule has 120 valence electrons. The lowest BCUT2D eigenvalue weighted by molar-refractivity contribution is -0.133. The molecule has 1 N–H and O–H groups in total. The summed E-state index contributed by atoms with van der Waals surface area (Å²) in [6, 6.07) is 14.6. The molecule has 6 heteroatoms. The molecule has 0 saturated heterocycles. The highest BCUT2D eigenvalue weighted by Crippen LogP contribution is 2.21. The highest BCUT2D eigenvalue weighted by atomic mass is 79.9. The zero-order valence-electron chi connectivity index (χ0n) is 12.6. The fraction of sp³-hybridized carbons (Fsp3) is 0.176. The van der Waals surface area contributed by atoms with Crippen molar-refractivity contribution >= 4 is 45.0 Å². The molecule has 2 aromatic carbocycles. The predicted molar refractivity (Wildman–Crippen MR) is 95.3 cm³/mol. The number of amides is 2. The number of halogens is 2. The van der Waals surface area contributed by atoms with Crippen molar-refractivity contribution in [1.29, 1.82) is 0 Å². The first kappa shape index (κ1) is 17.5. The Hall–Kier alpha value is -1.85. The summed E-state index contributed by atoms with van der Waals surface area (Å²) in [5, 5.41) is 3.36. The minimum Gasteiger partial charge on any atom is -0.329 e. The summed E-state index contributed by atoms with van der Waals surface area (Å²) in [5.41, 5.74) is 1.47. The third kappa shape index (κ3) is 5.08. The summed E-state index contributed by atoms with van der Waals surface area (Å²) < 4.78 is 0.786. The van der Waals surface area contributed by atoms with Crippen molar-refractivity contribution in [3.05, 3.63) is 63.6 Å². The van der Waals surface area contributed by atoms with E-state index in [9.17, 15) is 9.59 Å². The summed E-state index contributed by atoms with van der Waals surface area (Å²) in [6.45, 7) is 1.68. The SMILES string of the molecule is CC(=O)N(CC(=O)Nc1ccccc1Br)Cc1ccccc1Cl. The normalized spacial score (nSPS) is 10.2. The van der Waals surface area contributed by atoms with Crippen LogP contribution >= 0.6 is 27.5 Å². The predicted octanol–water partition coefficient (Wildman–Crippen LogP) is 4.09. The molecule has 2 amide bonds. The molecule has 4 nitrogen and oxygen atoms in total. The van der Waals surface area contributed by atoms with Crippen LogP contribution in [-0.2, 0) is 16.1 Å². The van der Waals surface area contributed by atoms with Crippen molar-refractivity contribution in [1.82, 2.24) is 4.90 Å². The number of anilines is 1. The van der Waals surface area contributed by atoms with Gasteiger partial charge in [-0.05, 0) is 39.7 Å². The van der Waals surface area contributed by atoms with Crippen LogP contribution in [0.25, 0.3) is 0 Å². The topological polar surface area (TPSA) is 49.4 Å². The summed E-state index contributed by atoms with van der Waals surface area (Å²) in [4.78, 5) is 25.5. The molecule has 0 aliphatic heterocycles. The van der Waals surface area contributed by atoms with E-state index in [4.69, 9.17) is 11.6 Å². The number of rotatable bonds is 5. The number of benzene rings is 2. The number of nitrogens with one attached hydrogen (secondary N) is 1. The van der Waals surface area contributed by atoms with E-state index in [2.05, 4.69) is 21.2 Å². The molecule has 0 saturated carbocycles. The fourth-order valence-electron chi connectivity index (χ4n) is 2.04. The fourth-order valence-corrected chi connectivity index (χ4v) is 2.62. The average Bonchev–Trinajstić information content (AvgIpc) is 2.51. The Labute approximate surface area is 148 Å². The lowest BCUT2D eigenvalue weighted by atomic mass is 10.2. The van der Waals surface area contributed by atoms with Crippen LogP contribution in [0.1, 0.15) is 12.5 Å². The van der Waals surface area contributed by atoms with Gasteiger partial charge < -0.3 is 10.2 Å². The van der Waals surface area contributed by atoms with E-state index in [1.54, 1.807) is 12.1 Å².